The zero-order valence-electron chi connectivity index (χ0n) is 7.07. The molecular formula is C9H8N2O2. The topological polar surface area (TPSA) is 76.1 Å². The zero-order chi connectivity index (χ0) is 9.84. The van der Waals surface area contributed by atoms with Gasteiger partial charge >= 0.3 is 0 Å². The molecule has 1 aromatic rings. The van der Waals surface area contributed by atoms with Crippen LogP contribution in [0.4, 0.5) is 0 Å². The highest BCUT2D eigenvalue weighted by atomic mass is 16.5. The average Bonchev–Trinajstić information content (AvgIpc) is 2.16. The van der Waals surface area contributed by atoms with Crippen LogP contribution in [0, 0.1) is 11.3 Å². The Kier molecular flexibility index (Phi) is 2.50. The summed E-state index contributed by atoms with van der Waals surface area (Å²) in [6, 6.07) is 6.57. The Labute approximate surface area is 75.5 Å². The molecule has 4 heteroatoms. The number of hydrogen-bond donors (Lipinski definition) is 1. The van der Waals surface area contributed by atoms with Crippen molar-refractivity contribution in [1.29, 1.82) is 5.26 Å². The second kappa shape index (κ2) is 3.59. The Morgan fingerprint density at radius 1 is 1.62 bits per heavy atom. The van der Waals surface area contributed by atoms with E-state index in [1.54, 1.807) is 12.1 Å². The molecule has 0 aromatic heterocycles. The van der Waals surface area contributed by atoms with Gasteiger partial charge in [0.25, 0.3) is 5.91 Å². The number of carbonyl (C=O) groups excluding carboxylic acids is 1. The third-order valence-corrected chi connectivity index (χ3v) is 1.61. The zero-order valence-corrected chi connectivity index (χ0v) is 7.07. The lowest BCUT2D eigenvalue weighted by Gasteiger charge is -2.05. The number of hydrogen-bond acceptors (Lipinski definition) is 3. The van der Waals surface area contributed by atoms with E-state index >= 15 is 0 Å². The van der Waals surface area contributed by atoms with Crippen molar-refractivity contribution in [2.45, 2.75) is 0 Å². The standard InChI is InChI=1S/C9H8N2O2/c1-13-8-6(5-10)3-2-4-7(8)9(11)12/h2-4H,1H3,(H2,11,12). The molecule has 0 atom stereocenters. The SMILES string of the molecule is COc1c(C#N)cccc1C(N)=O. The number of nitrogens with two attached hydrogens (primary N) is 1. The lowest BCUT2D eigenvalue weighted by molar-refractivity contribution is 0.0997. The summed E-state index contributed by atoms with van der Waals surface area (Å²) < 4.78 is 4.91. The normalized spacial score (nSPS) is 8.92. The minimum absolute atomic E-state index is 0.224. The van der Waals surface area contributed by atoms with Crippen LogP contribution in [0.1, 0.15) is 15.9 Å². The Hall–Kier alpha value is -2.02. The van der Waals surface area contributed by atoms with E-state index < -0.39 is 5.91 Å². The molecule has 4 nitrogen and oxygen atoms in total. The highest BCUT2D eigenvalue weighted by Gasteiger charge is 2.11. The number of nitrogens with zero attached hydrogens (tertiary/aromatic N) is 1. The van der Waals surface area contributed by atoms with Crippen molar-refractivity contribution in [3.63, 3.8) is 0 Å². The van der Waals surface area contributed by atoms with Crippen molar-refractivity contribution in [1.82, 2.24) is 0 Å². The van der Waals surface area contributed by atoms with Crippen molar-refractivity contribution in [2.75, 3.05) is 7.11 Å². The van der Waals surface area contributed by atoms with Gasteiger partial charge in [0, 0.05) is 0 Å². The van der Waals surface area contributed by atoms with Crippen LogP contribution in [0.15, 0.2) is 18.2 Å². The fourth-order valence-corrected chi connectivity index (χ4v) is 1.04. The first kappa shape index (κ1) is 9.07. The van der Waals surface area contributed by atoms with Crippen molar-refractivity contribution in [3.05, 3.63) is 29.3 Å². The van der Waals surface area contributed by atoms with E-state index in [0.29, 0.717) is 5.56 Å². The van der Waals surface area contributed by atoms with Gasteiger partial charge < -0.3 is 10.5 Å². The summed E-state index contributed by atoms with van der Waals surface area (Å²) in [5.41, 5.74) is 5.61. The van der Waals surface area contributed by atoms with Crippen molar-refractivity contribution in [3.8, 4) is 11.8 Å². The molecule has 0 heterocycles. The molecule has 0 fully saturated rings. The van der Waals surface area contributed by atoms with Gasteiger partial charge in [0.15, 0.2) is 0 Å². The second-order valence-electron chi connectivity index (χ2n) is 2.36. The molecule has 0 unspecified atom stereocenters. The molecular weight excluding hydrogens is 168 g/mol. The van der Waals surface area contributed by atoms with Gasteiger partial charge in [-0.25, -0.2) is 0 Å². The van der Waals surface area contributed by atoms with Crippen LogP contribution in [0.3, 0.4) is 0 Å². The largest absolute Gasteiger partial charge is 0.495 e. The fourth-order valence-electron chi connectivity index (χ4n) is 1.04. The highest BCUT2D eigenvalue weighted by Crippen LogP contribution is 2.22. The van der Waals surface area contributed by atoms with Gasteiger partial charge in [0.1, 0.15) is 11.8 Å². The molecule has 0 aliphatic carbocycles. The summed E-state index contributed by atoms with van der Waals surface area (Å²) in [5, 5.41) is 8.67. The number of rotatable bonds is 2. The summed E-state index contributed by atoms with van der Waals surface area (Å²) >= 11 is 0. The predicted molar refractivity (Wildman–Crippen MR) is 46.2 cm³/mol. The molecule has 1 aromatic carbocycles. The van der Waals surface area contributed by atoms with E-state index in [4.69, 9.17) is 15.7 Å². The lowest BCUT2D eigenvalue weighted by atomic mass is 10.1. The molecule has 66 valence electrons. The number of nitriles is 1. The van der Waals surface area contributed by atoms with Crippen molar-refractivity contribution >= 4 is 5.91 Å². The first-order valence-electron chi connectivity index (χ1n) is 3.57. The fraction of sp³-hybridized carbons (Fsp3) is 0.111. The van der Waals surface area contributed by atoms with E-state index in [-0.39, 0.29) is 11.3 Å². The van der Waals surface area contributed by atoms with Gasteiger partial charge in [-0.2, -0.15) is 5.26 Å². The van der Waals surface area contributed by atoms with Crippen molar-refractivity contribution < 1.29 is 9.53 Å². The third kappa shape index (κ3) is 1.59. The molecule has 0 saturated carbocycles. The Morgan fingerprint density at radius 2 is 2.31 bits per heavy atom. The molecule has 0 aliphatic heterocycles. The molecule has 13 heavy (non-hydrogen) atoms. The van der Waals surface area contributed by atoms with E-state index in [1.807, 2.05) is 6.07 Å². The van der Waals surface area contributed by atoms with Crippen LogP contribution >= 0.6 is 0 Å². The molecule has 0 aliphatic rings. The Morgan fingerprint density at radius 3 is 2.77 bits per heavy atom. The smallest absolute Gasteiger partial charge is 0.252 e. The number of primary amides is 1. The van der Waals surface area contributed by atoms with Crippen LogP contribution in [-0.4, -0.2) is 13.0 Å². The molecule has 0 radical (unpaired) electrons. The molecule has 0 bridgehead atoms. The molecule has 2 N–H and O–H groups in total. The molecule has 0 spiro atoms. The van der Waals surface area contributed by atoms with E-state index in [0.717, 1.165) is 0 Å². The molecule has 0 saturated heterocycles. The van der Waals surface area contributed by atoms with Crippen LogP contribution in [-0.2, 0) is 0 Å². The number of carbonyl (C=O) groups is 1. The highest BCUT2D eigenvalue weighted by molar-refractivity contribution is 5.96. The second-order valence-corrected chi connectivity index (χ2v) is 2.36. The monoisotopic (exact) mass is 176 g/mol. The summed E-state index contributed by atoms with van der Waals surface area (Å²) in [6.07, 6.45) is 0. The predicted octanol–water partition coefficient (Wildman–Crippen LogP) is 0.666. The van der Waals surface area contributed by atoms with Gasteiger partial charge in [-0.15, -0.1) is 0 Å². The van der Waals surface area contributed by atoms with Crippen LogP contribution in [0.2, 0.25) is 0 Å². The van der Waals surface area contributed by atoms with Crippen LogP contribution in [0.25, 0.3) is 0 Å². The Balaban J connectivity index is 3.38. The van der Waals surface area contributed by atoms with Gasteiger partial charge in [0.05, 0.1) is 18.2 Å². The van der Waals surface area contributed by atoms with E-state index in [2.05, 4.69) is 0 Å². The Bertz CT molecular complexity index is 380. The molecule has 1 amide bonds. The average molecular weight is 176 g/mol. The lowest BCUT2D eigenvalue weighted by Crippen LogP contribution is -2.12. The van der Waals surface area contributed by atoms with Crippen LogP contribution in [0.5, 0.6) is 5.75 Å². The maximum Gasteiger partial charge on any atom is 0.252 e. The summed E-state index contributed by atoms with van der Waals surface area (Å²) in [4.78, 5) is 10.9. The minimum Gasteiger partial charge on any atom is -0.495 e. The van der Waals surface area contributed by atoms with Crippen molar-refractivity contribution in [2.24, 2.45) is 5.73 Å². The van der Waals surface area contributed by atoms with E-state index in [1.165, 1.54) is 13.2 Å². The third-order valence-electron chi connectivity index (χ3n) is 1.61. The maximum atomic E-state index is 10.9. The summed E-state index contributed by atoms with van der Waals surface area (Å²) in [6.45, 7) is 0. The number of para-hydroxylation sites is 1. The summed E-state index contributed by atoms with van der Waals surface area (Å²) in [7, 11) is 1.39. The van der Waals surface area contributed by atoms with Gasteiger partial charge in [-0.1, -0.05) is 6.07 Å². The number of ether oxygens (including phenoxy) is 1. The number of methoxy groups -OCH3 is 1. The quantitative estimate of drug-likeness (QED) is 0.719. The van der Waals surface area contributed by atoms with Gasteiger partial charge in [-0.05, 0) is 12.1 Å². The number of benzene rings is 1. The summed E-state index contributed by atoms with van der Waals surface area (Å²) in [5.74, 6) is -0.369. The first-order valence-corrected chi connectivity index (χ1v) is 3.57. The maximum absolute atomic E-state index is 10.9. The van der Waals surface area contributed by atoms with Gasteiger partial charge in [0.2, 0.25) is 0 Å². The molecule has 1 rings (SSSR count). The number of amides is 1. The van der Waals surface area contributed by atoms with E-state index in [9.17, 15) is 4.79 Å². The van der Waals surface area contributed by atoms with Crippen LogP contribution < -0.4 is 10.5 Å². The minimum atomic E-state index is -0.603. The van der Waals surface area contributed by atoms with Gasteiger partial charge in [-0.3, -0.25) is 4.79 Å². The first-order chi connectivity index (χ1) is 6.20.